The molecule has 0 unspecified atom stereocenters. The number of hydrogen-bond donors (Lipinski definition) is 4. The number of hydrogen-bond acceptors (Lipinski definition) is 9. The Bertz CT molecular complexity index is 1280. The fraction of sp³-hybridized carbons (Fsp3) is 0.273. The summed E-state index contributed by atoms with van der Waals surface area (Å²) in [5.74, 6) is 0. The molecule has 0 aromatic carbocycles. The molecule has 14 nitrogen and oxygen atoms in total. The van der Waals surface area contributed by atoms with Crippen LogP contribution in [0.15, 0.2) is 65.1 Å². The first-order chi connectivity index (χ1) is 23.3. The molecular weight excluding hydrogens is 781 g/mol. The van der Waals surface area contributed by atoms with Gasteiger partial charge in [0.05, 0.1) is 73.9 Å². The van der Waals surface area contributed by atoms with Gasteiger partial charge in [0.25, 0.3) is 0 Å². The van der Waals surface area contributed by atoms with Gasteiger partial charge in [-0.2, -0.15) is 0 Å². The van der Waals surface area contributed by atoms with Crippen LogP contribution in [0.2, 0.25) is 0 Å². The number of aldehydes is 1. The topological polar surface area (TPSA) is 204 Å². The van der Waals surface area contributed by atoms with Crippen molar-refractivity contribution in [1.82, 2.24) is 44.8 Å². The molecule has 0 bridgehead atoms. The van der Waals surface area contributed by atoms with Crippen LogP contribution in [0.5, 0.6) is 0 Å². The van der Waals surface area contributed by atoms with E-state index in [1.54, 1.807) is 37.6 Å². The molecule has 4 aromatic heterocycles. The summed E-state index contributed by atoms with van der Waals surface area (Å²) in [6.45, 7) is 4.57. The van der Waals surface area contributed by atoms with Gasteiger partial charge in [-0.3, -0.25) is 24.7 Å². The van der Waals surface area contributed by atoms with Crippen LogP contribution in [0.4, 0.5) is 51.8 Å². The van der Waals surface area contributed by atoms with Crippen molar-refractivity contribution in [3.05, 3.63) is 72.9 Å². The number of imidazole rings is 4. The first-order valence-corrected chi connectivity index (χ1v) is 13.6. The molecule has 0 spiro atoms. The Morgan fingerprint density at radius 3 is 1.10 bits per heavy atom. The second-order valence-corrected chi connectivity index (χ2v) is 8.54. The first-order valence-electron chi connectivity index (χ1n) is 13.6. The van der Waals surface area contributed by atoms with Crippen molar-refractivity contribution in [2.75, 3.05) is 39.3 Å². The predicted octanol–water partition coefficient (Wildman–Crippen LogP) is 4.11. The average molecular weight is 811 g/mol. The number of nitrogens with one attached hydrogen (secondary N) is 4. The number of aromatic amines is 4. The van der Waals surface area contributed by atoms with E-state index in [1.165, 1.54) is 12.5 Å². The van der Waals surface area contributed by atoms with Crippen molar-refractivity contribution in [2.24, 2.45) is 15.0 Å². The minimum absolute atomic E-state index is 0. The number of H-pyrrole nitrogens is 4. The van der Waals surface area contributed by atoms with E-state index in [4.69, 9.17) is 0 Å². The van der Waals surface area contributed by atoms with Crippen molar-refractivity contribution in [2.45, 2.75) is 0 Å². The molecule has 4 rings (SSSR count). The zero-order chi connectivity index (χ0) is 37.9. The minimum Gasteiger partial charge on any atom is -0.418 e. The fourth-order valence-electron chi connectivity index (χ4n) is 2.77. The smallest absolute Gasteiger partial charge is 0.418 e. The molecule has 0 aliphatic rings. The zero-order valence-electron chi connectivity index (χ0n) is 26.3. The first kappa shape index (κ1) is 51.7. The van der Waals surface area contributed by atoms with Gasteiger partial charge in [0.15, 0.2) is 6.29 Å². The number of nitrogens with zero attached hydrogens (tertiary/aromatic N) is 8. The van der Waals surface area contributed by atoms with E-state index < -0.39 is 21.8 Å². The van der Waals surface area contributed by atoms with Crippen LogP contribution < -0.4 is 0 Å². The van der Waals surface area contributed by atoms with Crippen LogP contribution in [0.25, 0.3) is 0 Å². The number of carbonyl (C=O) groups excluding carboxylic acids is 1. The molecule has 1 radical (unpaired) electrons. The Morgan fingerprint density at radius 1 is 0.596 bits per heavy atom. The quantitative estimate of drug-likeness (QED) is 0.0677. The number of rotatable bonds is 13. The Hall–Kier alpha value is -4.69. The monoisotopic (exact) mass is 811 g/mol. The van der Waals surface area contributed by atoms with Gasteiger partial charge in [-0.1, -0.05) is 0 Å². The molecule has 0 amide bonds. The van der Waals surface area contributed by atoms with Gasteiger partial charge in [-0.25, -0.2) is 19.9 Å². The van der Waals surface area contributed by atoms with Crippen LogP contribution in [-0.2, 0) is 17.1 Å². The third-order valence-corrected chi connectivity index (χ3v) is 4.51. The van der Waals surface area contributed by atoms with Crippen molar-refractivity contribution in [3.63, 3.8) is 0 Å². The Kier molecular flexibility index (Phi) is 28.8. The maximum atomic E-state index is 9.80. The Balaban J connectivity index is -0.000000814. The maximum Gasteiger partial charge on any atom is 3.00 e. The maximum absolute atomic E-state index is 9.80. The van der Waals surface area contributed by atoms with Crippen molar-refractivity contribution < 1.29 is 79.1 Å². The number of halogens is 12. The van der Waals surface area contributed by atoms with Gasteiger partial charge in [-0.15, -0.1) is 0 Å². The summed E-state index contributed by atoms with van der Waals surface area (Å²) in [7, 11) is -18.0. The molecule has 0 atom stereocenters. The summed E-state index contributed by atoms with van der Waals surface area (Å²) in [5.41, 5.74) is 3.01. The number of carbonyl (C=O) groups is 1. The molecule has 0 saturated carbocycles. The van der Waals surface area contributed by atoms with Gasteiger partial charge in [0.2, 0.25) is 0 Å². The molecule has 0 fully saturated rings. The third-order valence-electron chi connectivity index (χ3n) is 4.51. The molecule has 52 heavy (non-hydrogen) atoms. The van der Waals surface area contributed by atoms with Crippen LogP contribution in [0.1, 0.15) is 27.6 Å². The SMILES string of the molecule is C(=NCCN(CCN=Cc1c[nH]cn1)CCN=Cc1c[nH]cn1)c1c[nH]cn1.F[B-](F)(F)F.F[B-](F)(F)F.F[B-](F)(F)F.O.O=Cc1cnc[nH]1.[Fe+3]. The van der Waals surface area contributed by atoms with Crippen LogP contribution in [-0.4, -0.2) is 136 Å². The standard InChI is InChI=1S/C18H24N10.C4H4N2O.3BF4.Fe.H2O/c1(19-7-16-10-22-13-25-16)4-28(5-2-20-8-17-11-23-14-26-17)6-3-21-9-18-12-24-15-27-18;7-2-4-1-5-3-6-4;3*2-1(3,4)5;;/h7-15H,1-6H2,(H,22,25)(H,23,26)(H,24,27);1-3H,(H,5,6);;;;;1H2/q;;3*-1;+3;. The summed E-state index contributed by atoms with van der Waals surface area (Å²) < 4.78 is 117. The number of aliphatic imine (C=N–C) groups is 3. The molecule has 0 aliphatic carbocycles. The molecular formula is C22H30B3F12FeN12O2. The second-order valence-electron chi connectivity index (χ2n) is 8.54. The van der Waals surface area contributed by atoms with Gasteiger partial charge in [0.1, 0.15) is 0 Å². The van der Waals surface area contributed by atoms with Gasteiger partial charge >= 0.3 is 38.8 Å². The van der Waals surface area contributed by atoms with Crippen molar-refractivity contribution in [1.29, 1.82) is 0 Å². The summed E-state index contributed by atoms with van der Waals surface area (Å²) in [5, 5.41) is 0. The van der Waals surface area contributed by atoms with Gasteiger partial charge in [-0.05, 0) is 0 Å². The van der Waals surface area contributed by atoms with E-state index in [1.807, 2.05) is 18.6 Å². The average Bonchev–Trinajstić information content (AvgIpc) is 3.82. The summed E-state index contributed by atoms with van der Waals surface area (Å²) in [6.07, 6.45) is 19.3. The van der Waals surface area contributed by atoms with Gasteiger partial charge in [0, 0.05) is 56.9 Å². The normalized spacial score (nSPS) is 11.2. The van der Waals surface area contributed by atoms with Crippen molar-refractivity contribution >= 4 is 46.7 Å². The largest absolute Gasteiger partial charge is 3.00 e. The van der Waals surface area contributed by atoms with E-state index in [9.17, 15) is 56.6 Å². The predicted molar refractivity (Wildman–Crippen MR) is 168 cm³/mol. The molecule has 30 heteroatoms. The summed E-state index contributed by atoms with van der Waals surface area (Å²) >= 11 is 0. The molecule has 291 valence electrons. The van der Waals surface area contributed by atoms with Gasteiger partial charge < -0.3 is 77.2 Å². The van der Waals surface area contributed by atoms with Crippen LogP contribution in [0, 0.1) is 0 Å². The molecule has 4 aromatic rings. The van der Waals surface area contributed by atoms with E-state index >= 15 is 0 Å². The van der Waals surface area contributed by atoms with E-state index in [0.717, 1.165) is 36.7 Å². The third kappa shape index (κ3) is 41.5. The Morgan fingerprint density at radius 2 is 0.904 bits per heavy atom. The van der Waals surface area contributed by atoms with E-state index in [2.05, 4.69) is 59.7 Å². The molecule has 4 heterocycles. The summed E-state index contributed by atoms with van der Waals surface area (Å²) in [4.78, 5) is 52.7. The fourth-order valence-corrected chi connectivity index (χ4v) is 2.77. The zero-order valence-corrected chi connectivity index (χ0v) is 27.4. The van der Waals surface area contributed by atoms with Crippen LogP contribution >= 0.6 is 0 Å². The van der Waals surface area contributed by atoms with Crippen molar-refractivity contribution in [3.8, 4) is 0 Å². The minimum atomic E-state index is -6.00. The Labute approximate surface area is 297 Å². The van der Waals surface area contributed by atoms with E-state index in [-0.39, 0.29) is 22.5 Å². The van der Waals surface area contributed by atoms with E-state index in [0.29, 0.717) is 31.6 Å². The second kappa shape index (κ2) is 29.0. The molecule has 6 N–H and O–H groups in total. The molecule has 0 aliphatic heterocycles. The van der Waals surface area contributed by atoms with Crippen LogP contribution in [0.3, 0.4) is 0 Å². The molecule has 0 saturated heterocycles. The summed E-state index contributed by atoms with van der Waals surface area (Å²) in [6, 6.07) is 0. The number of aromatic nitrogens is 8.